The molecule has 0 aromatic carbocycles. The van der Waals surface area contributed by atoms with E-state index in [9.17, 15) is 0 Å². The third-order valence-electron chi connectivity index (χ3n) is 2.41. The molecule has 0 atom stereocenters. The SMILES string of the molecule is CN(CCO)c1ncc(-c2cccnc2)cn1. The van der Waals surface area contributed by atoms with E-state index in [2.05, 4.69) is 15.0 Å². The van der Waals surface area contributed by atoms with Gasteiger partial charge in [0.25, 0.3) is 0 Å². The number of aromatic nitrogens is 3. The third kappa shape index (κ3) is 2.76. The van der Waals surface area contributed by atoms with Crippen molar-refractivity contribution in [2.24, 2.45) is 0 Å². The Balaban J connectivity index is 2.19. The number of aliphatic hydroxyl groups is 1. The zero-order valence-corrected chi connectivity index (χ0v) is 9.61. The van der Waals surface area contributed by atoms with Gasteiger partial charge in [0.05, 0.1) is 6.61 Å². The van der Waals surface area contributed by atoms with Gasteiger partial charge in [-0.15, -0.1) is 0 Å². The maximum atomic E-state index is 8.83. The minimum Gasteiger partial charge on any atom is -0.395 e. The summed E-state index contributed by atoms with van der Waals surface area (Å²) < 4.78 is 0. The Labute approximate surface area is 99.8 Å². The van der Waals surface area contributed by atoms with Crippen LogP contribution in [0.5, 0.6) is 0 Å². The number of aliphatic hydroxyl groups excluding tert-OH is 1. The maximum absolute atomic E-state index is 8.83. The molecule has 0 saturated carbocycles. The van der Waals surface area contributed by atoms with E-state index >= 15 is 0 Å². The lowest BCUT2D eigenvalue weighted by atomic mass is 10.2. The molecular formula is C12H14N4O. The molecule has 17 heavy (non-hydrogen) atoms. The van der Waals surface area contributed by atoms with E-state index in [0.717, 1.165) is 11.1 Å². The average Bonchev–Trinajstić information content (AvgIpc) is 2.40. The fourth-order valence-corrected chi connectivity index (χ4v) is 1.45. The quantitative estimate of drug-likeness (QED) is 0.848. The van der Waals surface area contributed by atoms with Gasteiger partial charge in [0, 0.05) is 49.5 Å². The molecule has 0 saturated heterocycles. The summed E-state index contributed by atoms with van der Waals surface area (Å²) in [6.07, 6.45) is 7.02. The molecular weight excluding hydrogens is 216 g/mol. The number of nitrogens with zero attached hydrogens (tertiary/aromatic N) is 4. The molecule has 0 radical (unpaired) electrons. The molecule has 0 bridgehead atoms. The van der Waals surface area contributed by atoms with Crippen molar-refractivity contribution >= 4 is 5.95 Å². The van der Waals surface area contributed by atoms with Gasteiger partial charge in [-0.3, -0.25) is 4.98 Å². The molecule has 0 fully saturated rings. The fourth-order valence-electron chi connectivity index (χ4n) is 1.45. The number of anilines is 1. The first-order chi connectivity index (χ1) is 8.31. The van der Waals surface area contributed by atoms with Gasteiger partial charge in [0.1, 0.15) is 0 Å². The van der Waals surface area contributed by atoms with Crippen LogP contribution < -0.4 is 4.90 Å². The number of likely N-dealkylation sites (N-methyl/N-ethyl adjacent to an activating group) is 1. The van der Waals surface area contributed by atoms with Crippen molar-refractivity contribution in [3.05, 3.63) is 36.9 Å². The topological polar surface area (TPSA) is 62.1 Å². The molecule has 2 aromatic rings. The van der Waals surface area contributed by atoms with Gasteiger partial charge in [-0.05, 0) is 6.07 Å². The summed E-state index contributed by atoms with van der Waals surface area (Å²) >= 11 is 0. The van der Waals surface area contributed by atoms with Crippen molar-refractivity contribution in [2.45, 2.75) is 0 Å². The van der Waals surface area contributed by atoms with Crippen molar-refractivity contribution in [3.63, 3.8) is 0 Å². The molecule has 2 aromatic heterocycles. The molecule has 88 valence electrons. The zero-order chi connectivity index (χ0) is 12.1. The second kappa shape index (κ2) is 5.36. The normalized spacial score (nSPS) is 10.2. The predicted octanol–water partition coefficient (Wildman–Crippen LogP) is 0.967. The second-order valence-corrected chi connectivity index (χ2v) is 3.66. The van der Waals surface area contributed by atoms with Crippen LogP contribution in [0.1, 0.15) is 0 Å². The molecule has 5 heteroatoms. The summed E-state index contributed by atoms with van der Waals surface area (Å²) in [7, 11) is 1.84. The lowest BCUT2D eigenvalue weighted by Crippen LogP contribution is -2.23. The van der Waals surface area contributed by atoms with E-state index < -0.39 is 0 Å². The smallest absolute Gasteiger partial charge is 0.225 e. The monoisotopic (exact) mass is 230 g/mol. The Morgan fingerprint density at radius 2 is 1.94 bits per heavy atom. The van der Waals surface area contributed by atoms with Crippen molar-refractivity contribution < 1.29 is 5.11 Å². The Hall–Kier alpha value is -2.01. The van der Waals surface area contributed by atoms with E-state index in [0.29, 0.717) is 12.5 Å². The van der Waals surface area contributed by atoms with Gasteiger partial charge in [-0.25, -0.2) is 9.97 Å². The van der Waals surface area contributed by atoms with Crippen LogP contribution in [-0.2, 0) is 0 Å². The minimum absolute atomic E-state index is 0.0875. The van der Waals surface area contributed by atoms with E-state index in [1.54, 1.807) is 29.7 Å². The number of pyridine rings is 1. The van der Waals surface area contributed by atoms with Crippen LogP contribution >= 0.6 is 0 Å². The first-order valence-corrected chi connectivity index (χ1v) is 5.35. The van der Waals surface area contributed by atoms with Crippen molar-refractivity contribution in [1.29, 1.82) is 0 Å². The van der Waals surface area contributed by atoms with Crippen LogP contribution in [0, 0.1) is 0 Å². The first-order valence-electron chi connectivity index (χ1n) is 5.35. The molecule has 0 unspecified atom stereocenters. The summed E-state index contributed by atoms with van der Waals surface area (Å²) in [5, 5.41) is 8.83. The second-order valence-electron chi connectivity index (χ2n) is 3.66. The Kier molecular flexibility index (Phi) is 3.62. The lowest BCUT2D eigenvalue weighted by Gasteiger charge is -2.15. The van der Waals surface area contributed by atoms with Gasteiger partial charge < -0.3 is 10.0 Å². The van der Waals surface area contributed by atoms with Crippen LogP contribution in [0.4, 0.5) is 5.95 Å². The van der Waals surface area contributed by atoms with Crippen LogP contribution in [0.3, 0.4) is 0 Å². The van der Waals surface area contributed by atoms with Crippen molar-refractivity contribution in [2.75, 3.05) is 25.1 Å². The molecule has 0 aliphatic heterocycles. The summed E-state index contributed by atoms with van der Waals surface area (Å²) in [4.78, 5) is 14.3. The first kappa shape index (κ1) is 11.5. The summed E-state index contributed by atoms with van der Waals surface area (Å²) in [5.41, 5.74) is 1.92. The summed E-state index contributed by atoms with van der Waals surface area (Å²) in [6.45, 7) is 0.608. The van der Waals surface area contributed by atoms with Gasteiger partial charge >= 0.3 is 0 Å². The highest BCUT2D eigenvalue weighted by Crippen LogP contribution is 2.16. The molecule has 0 amide bonds. The van der Waals surface area contributed by atoms with Crippen LogP contribution in [0.15, 0.2) is 36.9 Å². The van der Waals surface area contributed by atoms with E-state index in [1.807, 2.05) is 19.2 Å². The molecule has 2 rings (SSSR count). The Morgan fingerprint density at radius 3 is 2.53 bits per heavy atom. The van der Waals surface area contributed by atoms with E-state index in [1.165, 1.54) is 0 Å². The van der Waals surface area contributed by atoms with Gasteiger partial charge in [-0.2, -0.15) is 0 Å². The Bertz CT molecular complexity index is 458. The highest BCUT2D eigenvalue weighted by molar-refractivity contribution is 5.60. The number of hydrogen-bond donors (Lipinski definition) is 1. The molecule has 2 heterocycles. The lowest BCUT2D eigenvalue weighted by molar-refractivity contribution is 0.303. The molecule has 1 N–H and O–H groups in total. The number of hydrogen-bond acceptors (Lipinski definition) is 5. The molecule has 0 aliphatic carbocycles. The molecule has 5 nitrogen and oxygen atoms in total. The number of rotatable bonds is 4. The largest absolute Gasteiger partial charge is 0.395 e. The van der Waals surface area contributed by atoms with Crippen LogP contribution in [-0.4, -0.2) is 40.3 Å². The average molecular weight is 230 g/mol. The molecule has 0 spiro atoms. The standard InChI is InChI=1S/C12H14N4O/c1-16(5-6-17)12-14-8-11(9-15-12)10-3-2-4-13-7-10/h2-4,7-9,17H,5-6H2,1H3. The summed E-state index contributed by atoms with van der Waals surface area (Å²) in [6, 6.07) is 3.84. The predicted molar refractivity (Wildman–Crippen MR) is 65.6 cm³/mol. The van der Waals surface area contributed by atoms with Gasteiger partial charge in [0.2, 0.25) is 5.95 Å². The van der Waals surface area contributed by atoms with Gasteiger partial charge in [-0.1, -0.05) is 6.07 Å². The van der Waals surface area contributed by atoms with E-state index in [4.69, 9.17) is 5.11 Å². The van der Waals surface area contributed by atoms with Crippen LogP contribution in [0.2, 0.25) is 0 Å². The summed E-state index contributed by atoms with van der Waals surface area (Å²) in [5.74, 6) is 0.603. The maximum Gasteiger partial charge on any atom is 0.225 e. The van der Waals surface area contributed by atoms with Gasteiger partial charge in [0.15, 0.2) is 0 Å². The van der Waals surface area contributed by atoms with E-state index in [-0.39, 0.29) is 6.61 Å². The fraction of sp³-hybridized carbons (Fsp3) is 0.250. The van der Waals surface area contributed by atoms with Crippen molar-refractivity contribution in [1.82, 2.24) is 15.0 Å². The highest BCUT2D eigenvalue weighted by Gasteiger charge is 2.04. The Morgan fingerprint density at radius 1 is 1.18 bits per heavy atom. The molecule has 0 aliphatic rings. The zero-order valence-electron chi connectivity index (χ0n) is 9.61. The third-order valence-corrected chi connectivity index (χ3v) is 2.41. The minimum atomic E-state index is 0.0875. The van der Waals surface area contributed by atoms with Crippen molar-refractivity contribution in [3.8, 4) is 11.1 Å². The van der Waals surface area contributed by atoms with Crippen LogP contribution in [0.25, 0.3) is 11.1 Å². The highest BCUT2D eigenvalue weighted by atomic mass is 16.3.